The van der Waals surface area contributed by atoms with Gasteiger partial charge >= 0.3 is 6.18 Å². The van der Waals surface area contributed by atoms with E-state index in [9.17, 15) is 28.5 Å². The van der Waals surface area contributed by atoms with Crippen LogP contribution in [-0.4, -0.2) is 83.9 Å². The van der Waals surface area contributed by atoms with Crippen LogP contribution in [-0.2, 0) is 10.9 Å². The van der Waals surface area contributed by atoms with Crippen molar-refractivity contribution in [2.45, 2.75) is 43.2 Å². The van der Waals surface area contributed by atoms with Gasteiger partial charge in [-0.05, 0) is 18.6 Å². The van der Waals surface area contributed by atoms with E-state index in [0.29, 0.717) is 36.5 Å². The molecule has 4 N–H and O–H groups in total. The van der Waals surface area contributed by atoms with Gasteiger partial charge in [-0.2, -0.15) is 13.2 Å². The van der Waals surface area contributed by atoms with Crippen LogP contribution >= 0.6 is 0 Å². The highest BCUT2D eigenvalue weighted by Gasteiger charge is 2.44. The van der Waals surface area contributed by atoms with Crippen molar-refractivity contribution in [2.75, 3.05) is 29.9 Å². The molecule has 0 radical (unpaired) electrons. The van der Waals surface area contributed by atoms with Gasteiger partial charge in [0.15, 0.2) is 23.2 Å². The Hall–Kier alpha value is -3.07. The van der Waals surface area contributed by atoms with Gasteiger partial charge in [0.05, 0.1) is 18.5 Å². The van der Waals surface area contributed by atoms with E-state index < -0.39 is 42.9 Å². The van der Waals surface area contributed by atoms with Gasteiger partial charge < -0.3 is 30.3 Å². The molecule has 0 spiro atoms. The zero-order valence-electron chi connectivity index (χ0n) is 17.7. The SMILES string of the molecule is OC[C@H]1O[C@@H](n2cnc3c(N[C@H]4CCN(c5cc(C(F)(F)F)ccn5)C4)ncnc32)[C@H](O)[C@@H]1O. The second kappa shape index (κ2) is 8.61. The quantitative estimate of drug-likeness (QED) is 0.408. The second-order valence-corrected chi connectivity index (χ2v) is 8.25. The molecular weight excluding hydrogens is 459 g/mol. The molecule has 0 aromatic carbocycles. The average Bonchev–Trinajstić information content (AvgIpc) is 3.52. The van der Waals surface area contributed by atoms with Gasteiger partial charge in [-0.25, -0.2) is 19.9 Å². The van der Waals surface area contributed by atoms with Gasteiger partial charge in [0.25, 0.3) is 0 Å². The van der Waals surface area contributed by atoms with Gasteiger partial charge in [-0.15, -0.1) is 0 Å². The summed E-state index contributed by atoms with van der Waals surface area (Å²) in [6.07, 6.45) is -4.42. The zero-order valence-corrected chi connectivity index (χ0v) is 17.7. The number of aliphatic hydroxyl groups is 3. The van der Waals surface area contributed by atoms with Crippen LogP contribution in [0.5, 0.6) is 0 Å². The lowest BCUT2D eigenvalue weighted by Crippen LogP contribution is -2.33. The maximum atomic E-state index is 13.0. The number of aromatic nitrogens is 5. The van der Waals surface area contributed by atoms with Crippen LogP contribution in [0, 0.1) is 0 Å². The van der Waals surface area contributed by atoms with Crippen molar-refractivity contribution < 1.29 is 33.2 Å². The van der Waals surface area contributed by atoms with Crippen molar-refractivity contribution in [3.8, 4) is 0 Å². The normalized spacial score (nSPS) is 27.6. The van der Waals surface area contributed by atoms with E-state index in [4.69, 9.17) is 4.74 Å². The number of aliphatic hydroxyl groups excluding tert-OH is 3. The maximum absolute atomic E-state index is 13.0. The summed E-state index contributed by atoms with van der Waals surface area (Å²) < 4.78 is 46.1. The fraction of sp³-hybridized carbons (Fsp3) is 0.500. The van der Waals surface area contributed by atoms with Crippen molar-refractivity contribution in [3.05, 3.63) is 36.5 Å². The lowest BCUT2D eigenvalue weighted by molar-refractivity contribution is -0.137. The van der Waals surface area contributed by atoms with Crippen molar-refractivity contribution >= 4 is 22.8 Å². The summed E-state index contributed by atoms with van der Waals surface area (Å²) in [7, 11) is 0. The van der Waals surface area contributed by atoms with Crippen molar-refractivity contribution in [3.63, 3.8) is 0 Å². The third-order valence-corrected chi connectivity index (χ3v) is 6.08. The number of fused-ring (bicyclic) bond motifs is 1. The number of imidazole rings is 1. The third-order valence-electron chi connectivity index (χ3n) is 6.08. The third kappa shape index (κ3) is 4.02. The summed E-state index contributed by atoms with van der Waals surface area (Å²) in [4.78, 5) is 18.6. The summed E-state index contributed by atoms with van der Waals surface area (Å²) in [6, 6.07) is 1.85. The second-order valence-electron chi connectivity index (χ2n) is 8.25. The molecule has 14 heteroatoms. The number of nitrogens with one attached hydrogen (secondary N) is 1. The largest absolute Gasteiger partial charge is 0.416 e. The molecule has 3 aromatic rings. The van der Waals surface area contributed by atoms with E-state index in [1.54, 1.807) is 4.90 Å². The van der Waals surface area contributed by atoms with Crippen LogP contribution in [0.1, 0.15) is 18.2 Å². The minimum atomic E-state index is -4.44. The summed E-state index contributed by atoms with van der Waals surface area (Å²) in [5, 5.41) is 32.9. The zero-order chi connectivity index (χ0) is 24.0. The predicted molar refractivity (Wildman–Crippen MR) is 112 cm³/mol. The van der Waals surface area contributed by atoms with Gasteiger partial charge in [0, 0.05) is 25.3 Å². The van der Waals surface area contributed by atoms with E-state index in [0.717, 1.165) is 18.3 Å². The number of nitrogens with zero attached hydrogens (tertiary/aromatic N) is 6. The van der Waals surface area contributed by atoms with Gasteiger partial charge in [0.1, 0.15) is 30.5 Å². The van der Waals surface area contributed by atoms with E-state index >= 15 is 0 Å². The van der Waals surface area contributed by atoms with Crippen molar-refractivity contribution in [1.29, 1.82) is 0 Å². The van der Waals surface area contributed by atoms with Crippen LogP contribution in [0.2, 0.25) is 0 Å². The highest BCUT2D eigenvalue weighted by molar-refractivity contribution is 5.83. The number of halogens is 3. The molecule has 11 nitrogen and oxygen atoms in total. The monoisotopic (exact) mass is 481 g/mol. The summed E-state index contributed by atoms with van der Waals surface area (Å²) in [5.41, 5.74) is -0.000507. The number of pyridine rings is 1. The molecule has 2 saturated heterocycles. The first-order chi connectivity index (χ1) is 16.3. The summed E-state index contributed by atoms with van der Waals surface area (Å²) in [5.74, 6) is 0.667. The number of anilines is 2. The Balaban J connectivity index is 1.33. The van der Waals surface area contributed by atoms with Crippen molar-refractivity contribution in [1.82, 2.24) is 24.5 Å². The molecule has 0 aliphatic carbocycles. The number of rotatable bonds is 5. The van der Waals surface area contributed by atoms with Crippen LogP contribution in [0.4, 0.5) is 24.8 Å². The topological polar surface area (TPSA) is 142 Å². The molecule has 5 heterocycles. The van der Waals surface area contributed by atoms with Crippen LogP contribution in [0.15, 0.2) is 31.0 Å². The van der Waals surface area contributed by atoms with Crippen LogP contribution < -0.4 is 10.2 Å². The van der Waals surface area contributed by atoms with E-state index in [-0.39, 0.29) is 11.9 Å². The Kier molecular flexibility index (Phi) is 5.75. The van der Waals surface area contributed by atoms with Gasteiger partial charge in [-0.1, -0.05) is 0 Å². The molecule has 0 unspecified atom stereocenters. The Morgan fingerprint density at radius 1 is 1.15 bits per heavy atom. The lowest BCUT2D eigenvalue weighted by Gasteiger charge is -2.19. The maximum Gasteiger partial charge on any atom is 0.416 e. The summed E-state index contributed by atoms with van der Waals surface area (Å²) >= 11 is 0. The molecule has 34 heavy (non-hydrogen) atoms. The number of ether oxygens (including phenoxy) is 1. The fourth-order valence-electron chi connectivity index (χ4n) is 4.30. The van der Waals surface area contributed by atoms with E-state index in [1.807, 2.05) is 0 Å². The Morgan fingerprint density at radius 3 is 2.71 bits per heavy atom. The van der Waals surface area contributed by atoms with Crippen LogP contribution in [0.25, 0.3) is 11.2 Å². The van der Waals surface area contributed by atoms with E-state index in [2.05, 4.69) is 25.3 Å². The van der Waals surface area contributed by atoms with Gasteiger partial charge in [0.2, 0.25) is 0 Å². The first-order valence-electron chi connectivity index (χ1n) is 10.6. The lowest BCUT2D eigenvalue weighted by atomic mass is 10.1. The van der Waals surface area contributed by atoms with Gasteiger partial charge in [-0.3, -0.25) is 4.57 Å². The minimum Gasteiger partial charge on any atom is -0.394 e. The number of hydrogen-bond donors (Lipinski definition) is 4. The Labute approximate surface area is 190 Å². The molecule has 2 aliphatic heterocycles. The molecule has 0 saturated carbocycles. The first-order valence-corrected chi connectivity index (χ1v) is 10.6. The average molecular weight is 481 g/mol. The standard InChI is InChI=1S/C20H22F3N7O4/c21-20(22,23)10-1-3-24-13(5-10)29-4-2-11(6-29)28-17-14-18(26-8-25-17)30(9-27-14)19-16(33)15(32)12(7-31)34-19/h1,3,5,8-9,11-12,15-16,19,31-33H,2,4,6-7H2,(H,25,26,28)/t11-,12+,15+,16+,19+/m0/s1. The molecular formula is C20H22F3N7O4. The number of alkyl halides is 3. The molecule has 5 atom stereocenters. The first kappa shape index (κ1) is 22.7. The molecule has 5 rings (SSSR count). The molecule has 0 amide bonds. The molecule has 0 bridgehead atoms. The summed E-state index contributed by atoms with van der Waals surface area (Å²) in [6.45, 7) is 0.467. The molecule has 2 aliphatic rings. The Bertz CT molecular complexity index is 1180. The minimum absolute atomic E-state index is 0.131. The Morgan fingerprint density at radius 2 is 1.97 bits per heavy atom. The number of hydrogen-bond acceptors (Lipinski definition) is 10. The molecule has 3 aromatic heterocycles. The smallest absolute Gasteiger partial charge is 0.394 e. The molecule has 2 fully saturated rings. The van der Waals surface area contributed by atoms with Crippen molar-refractivity contribution in [2.24, 2.45) is 0 Å². The highest BCUT2D eigenvalue weighted by Crippen LogP contribution is 2.33. The van der Waals surface area contributed by atoms with Crippen LogP contribution in [0.3, 0.4) is 0 Å². The van der Waals surface area contributed by atoms with E-state index in [1.165, 1.54) is 17.2 Å². The highest BCUT2D eigenvalue weighted by atomic mass is 19.4. The fourth-order valence-corrected chi connectivity index (χ4v) is 4.30. The predicted octanol–water partition coefficient (Wildman–Crippen LogP) is 0.542. The molecule has 182 valence electrons.